The zero-order chi connectivity index (χ0) is 19.2. The predicted octanol–water partition coefficient (Wildman–Crippen LogP) is 3.96. The molecule has 27 heavy (non-hydrogen) atoms. The van der Waals surface area contributed by atoms with Crippen LogP contribution in [0.3, 0.4) is 0 Å². The molecule has 2 aromatic rings. The van der Waals surface area contributed by atoms with Crippen LogP contribution in [-0.4, -0.2) is 17.0 Å². The van der Waals surface area contributed by atoms with Gasteiger partial charge in [-0.3, -0.25) is 9.59 Å². The van der Waals surface area contributed by atoms with E-state index in [2.05, 4.69) is 5.32 Å². The van der Waals surface area contributed by atoms with E-state index in [1.165, 1.54) is 0 Å². The van der Waals surface area contributed by atoms with Crippen molar-refractivity contribution in [1.82, 2.24) is 0 Å². The number of hydrogen-bond donors (Lipinski definition) is 2. The van der Waals surface area contributed by atoms with E-state index in [-0.39, 0.29) is 5.91 Å². The van der Waals surface area contributed by atoms with E-state index in [0.717, 1.165) is 0 Å². The molecule has 6 heteroatoms. The Hall–Kier alpha value is -3.59. The molecule has 2 atom stereocenters. The van der Waals surface area contributed by atoms with Crippen molar-refractivity contribution in [3.8, 4) is 17.6 Å². The third-order valence-electron chi connectivity index (χ3n) is 4.43. The van der Waals surface area contributed by atoms with Crippen LogP contribution in [0.2, 0.25) is 0 Å². The van der Waals surface area contributed by atoms with Crippen LogP contribution in [-0.2, 0) is 9.59 Å². The van der Waals surface area contributed by atoms with Gasteiger partial charge in [-0.05, 0) is 61.4 Å². The molecule has 0 heterocycles. The fourth-order valence-corrected chi connectivity index (χ4v) is 2.95. The summed E-state index contributed by atoms with van der Waals surface area (Å²) in [5, 5.41) is 20.9. The molecule has 0 aliphatic heterocycles. The van der Waals surface area contributed by atoms with Crippen LogP contribution in [0.25, 0.3) is 0 Å². The highest BCUT2D eigenvalue weighted by atomic mass is 16.5. The summed E-state index contributed by atoms with van der Waals surface area (Å²) in [5.41, 5.74) is 1.13. The maximum Gasteiger partial charge on any atom is 0.307 e. The first-order valence-corrected chi connectivity index (χ1v) is 8.53. The summed E-state index contributed by atoms with van der Waals surface area (Å²) in [6, 6.07) is 15.6. The number of ether oxygens (including phenoxy) is 1. The number of nitriles is 1. The summed E-state index contributed by atoms with van der Waals surface area (Å²) in [6.45, 7) is 0. The molecule has 6 nitrogen and oxygen atoms in total. The highest BCUT2D eigenvalue weighted by molar-refractivity contribution is 5.95. The molecule has 0 saturated carbocycles. The van der Waals surface area contributed by atoms with Gasteiger partial charge in [0, 0.05) is 5.69 Å². The number of carboxylic acid groups (broad SMARTS) is 1. The molecule has 2 N–H and O–H groups in total. The van der Waals surface area contributed by atoms with Crippen LogP contribution in [0, 0.1) is 23.2 Å². The normalized spacial score (nSPS) is 18.3. The smallest absolute Gasteiger partial charge is 0.307 e. The van der Waals surface area contributed by atoms with E-state index in [4.69, 9.17) is 10.00 Å². The third kappa shape index (κ3) is 4.53. The first-order valence-electron chi connectivity index (χ1n) is 8.53. The number of carboxylic acids is 1. The van der Waals surface area contributed by atoms with Gasteiger partial charge in [-0.2, -0.15) is 5.26 Å². The Labute approximate surface area is 156 Å². The van der Waals surface area contributed by atoms with Gasteiger partial charge in [0.15, 0.2) is 0 Å². The fraction of sp³-hybridized carbons (Fsp3) is 0.190. The Bertz CT molecular complexity index is 895. The molecule has 0 bridgehead atoms. The van der Waals surface area contributed by atoms with Gasteiger partial charge < -0.3 is 15.2 Å². The molecule has 0 unspecified atom stereocenters. The highest BCUT2D eigenvalue weighted by Crippen LogP contribution is 2.28. The number of nitrogens with zero attached hydrogens (tertiary/aromatic N) is 1. The van der Waals surface area contributed by atoms with Gasteiger partial charge in [-0.1, -0.05) is 12.2 Å². The summed E-state index contributed by atoms with van der Waals surface area (Å²) in [7, 11) is 0. The van der Waals surface area contributed by atoms with E-state index >= 15 is 0 Å². The summed E-state index contributed by atoms with van der Waals surface area (Å²) in [6.07, 6.45) is 4.43. The monoisotopic (exact) mass is 362 g/mol. The molecule has 136 valence electrons. The van der Waals surface area contributed by atoms with Crippen LogP contribution >= 0.6 is 0 Å². The topological polar surface area (TPSA) is 99.4 Å². The lowest BCUT2D eigenvalue weighted by atomic mass is 9.82. The Morgan fingerprint density at radius 2 is 1.52 bits per heavy atom. The van der Waals surface area contributed by atoms with E-state index in [9.17, 15) is 14.7 Å². The van der Waals surface area contributed by atoms with Crippen molar-refractivity contribution in [2.24, 2.45) is 11.8 Å². The molecule has 2 aromatic carbocycles. The number of nitrogens with one attached hydrogen (secondary N) is 1. The third-order valence-corrected chi connectivity index (χ3v) is 4.43. The minimum absolute atomic E-state index is 0.299. The average molecular weight is 362 g/mol. The molecule has 0 spiro atoms. The lowest BCUT2D eigenvalue weighted by Crippen LogP contribution is -2.34. The van der Waals surface area contributed by atoms with Crippen LogP contribution < -0.4 is 10.1 Å². The van der Waals surface area contributed by atoms with Crippen molar-refractivity contribution in [2.45, 2.75) is 12.8 Å². The maximum absolute atomic E-state index is 12.5. The van der Waals surface area contributed by atoms with E-state index in [0.29, 0.717) is 35.6 Å². The lowest BCUT2D eigenvalue weighted by Gasteiger charge is -2.24. The number of amides is 1. The van der Waals surface area contributed by atoms with Crippen molar-refractivity contribution in [3.63, 3.8) is 0 Å². The second kappa shape index (κ2) is 8.19. The van der Waals surface area contributed by atoms with Gasteiger partial charge in [-0.25, -0.2) is 0 Å². The molecule has 0 saturated heterocycles. The number of carbonyl (C=O) groups excluding carboxylic acids is 1. The maximum atomic E-state index is 12.5. The van der Waals surface area contributed by atoms with Gasteiger partial charge in [0.2, 0.25) is 5.91 Å². The molecular formula is C21H18N2O4. The molecule has 1 amide bonds. The SMILES string of the molecule is N#Cc1ccc(Oc2ccc(NC(=O)[C@@H]3CC=CC[C@@H]3C(=O)O)cc2)cc1. The van der Waals surface area contributed by atoms with Crippen molar-refractivity contribution in [3.05, 3.63) is 66.2 Å². The van der Waals surface area contributed by atoms with Gasteiger partial charge >= 0.3 is 5.97 Å². The summed E-state index contributed by atoms with van der Waals surface area (Å²) in [5.74, 6) is -1.35. The number of carbonyl (C=O) groups is 2. The minimum Gasteiger partial charge on any atom is -0.481 e. The highest BCUT2D eigenvalue weighted by Gasteiger charge is 2.33. The summed E-state index contributed by atoms with van der Waals surface area (Å²) < 4.78 is 5.69. The van der Waals surface area contributed by atoms with Crippen molar-refractivity contribution in [1.29, 1.82) is 5.26 Å². The molecule has 1 aliphatic carbocycles. The van der Waals surface area contributed by atoms with Crippen LogP contribution in [0.15, 0.2) is 60.7 Å². The number of benzene rings is 2. The Kier molecular flexibility index (Phi) is 5.53. The Balaban J connectivity index is 1.63. The lowest BCUT2D eigenvalue weighted by molar-refractivity contribution is -0.146. The second-order valence-corrected chi connectivity index (χ2v) is 6.25. The molecule has 0 radical (unpaired) electrons. The van der Waals surface area contributed by atoms with Crippen molar-refractivity contribution < 1.29 is 19.4 Å². The summed E-state index contributed by atoms with van der Waals surface area (Å²) in [4.78, 5) is 23.8. The molecule has 3 rings (SSSR count). The first-order chi connectivity index (χ1) is 13.1. The zero-order valence-corrected chi connectivity index (χ0v) is 14.5. The molecule has 1 aliphatic rings. The molecule has 0 aromatic heterocycles. The predicted molar refractivity (Wildman–Crippen MR) is 99.3 cm³/mol. The molecule has 0 fully saturated rings. The first kappa shape index (κ1) is 18.2. The number of allylic oxidation sites excluding steroid dienone is 2. The van der Waals surface area contributed by atoms with Gasteiger partial charge in [-0.15, -0.1) is 0 Å². The van der Waals surface area contributed by atoms with E-state index in [1.807, 2.05) is 12.1 Å². The summed E-state index contributed by atoms with van der Waals surface area (Å²) >= 11 is 0. The van der Waals surface area contributed by atoms with Gasteiger partial charge in [0.1, 0.15) is 11.5 Å². The quantitative estimate of drug-likeness (QED) is 0.785. The number of rotatable bonds is 5. The van der Waals surface area contributed by atoms with Crippen molar-refractivity contribution in [2.75, 3.05) is 5.32 Å². The number of aliphatic carboxylic acids is 1. The molecular weight excluding hydrogens is 344 g/mol. The van der Waals surface area contributed by atoms with Gasteiger partial charge in [0.25, 0.3) is 0 Å². The van der Waals surface area contributed by atoms with Crippen molar-refractivity contribution >= 4 is 17.6 Å². The van der Waals surface area contributed by atoms with E-state index in [1.54, 1.807) is 54.6 Å². The Morgan fingerprint density at radius 1 is 0.963 bits per heavy atom. The Morgan fingerprint density at radius 3 is 2.07 bits per heavy atom. The van der Waals surface area contributed by atoms with Crippen LogP contribution in [0.5, 0.6) is 11.5 Å². The minimum atomic E-state index is -0.953. The van der Waals surface area contributed by atoms with Crippen LogP contribution in [0.4, 0.5) is 5.69 Å². The zero-order valence-electron chi connectivity index (χ0n) is 14.5. The van der Waals surface area contributed by atoms with Crippen LogP contribution in [0.1, 0.15) is 18.4 Å². The fourth-order valence-electron chi connectivity index (χ4n) is 2.95. The second-order valence-electron chi connectivity index (χ2n) is 6.25. The largest absolute Gasteiger partial charge is 0.481 e. The average Bonchev–Trinajstić information content (AvgIpc) is 2.70. The van der Waals surface area contributed by atoms with E-state index < -0.39 is 17.8 Å². The van der Waals surface area contributed by atoms with Gasteiger partial charge in [0.05, 0.1) is 23.5 Å². The number of hydrogen-bond acceptors (Lipinski definition) is 4. The standard InChI is InChI=1S/C21H18N2O4/c22-13-14-5-9-16(10-6-14)27-17-11-7-15(8-12-17)23-20(24)18-3-1-2-4-19(18)21(25)26/h1-2,5-12,18-19H,3-4H2,(H,23,24)(H,25,26)/t18-,19+/m1/s1. The number of anilines is 1.